The van der Waals surface area contributed by atoms with Gasteiger partial charge in [0.1, 0.15) is 5.82 Å². The number of aryl methyl sites for hydroxylation is 2. The van der Waals surface area contributed by atoms with Crippen molar-refractivity contribution in [3.63, 3.8) is 0 Å². The number of rotatable bonds is 5. The van der Waals surface area contributed by atoms with Crippen LogP contribution in [-0.2, 0) is 16.0 Å². The molecule has 170 valence electrons. The molecule has 1 aromatic heterocycles. The van der Waals surface area contributed by atoms with Gasteiger partial charge in [0.2, 0.25) is 11.8 Å². The fraction of sp³-hybridized carbons (Fsp3) is 0.280. The first kappa shape index (κ1) is 22.3. The van der Waals surface area contributed by atoms with Crippen LogP contribution in [-0.4, -0.2) is 27.5 Å². The van der Waals surface area contributed by atoms with Crippen molar-refractivity contribution in [1.82, 2.24) is 9.78 Å². The van der Waals surface area contributed by atoms with Crippen LogP contribution in [0.5, 0.6) is 0 Å². The van der Waals surface area contributed by atoms with Gasteiger partial charge in [-0.15, -0.1) is 0 Å². The highest BCUT2D eigenvalue weighted by Crippen LogP contribution is 2.35. The molecule has 1 atom stereocenters. The second kappa shape index (κ2) is 9.28. The fourth-order valence-corrected chi connectivity index (χ4v) is 4.31. The summed E-state index contributed by atoms with van der Waals surface area (Å²) in [4.78, 5) is 36.3. The predicted octanol–water partition coefficient (Wildman–Crippen LogP) is 4.29. The summed E-state index contributed by atoms with van der Waals surface area (Å²) in [5, 5.41) is 12.9. The SMILES string of the molecule is CC(=O)Nc1cc(NC(C)=O)cc(C(=O)Nc2c(C)cnn2C2CCCc3ccccc32)c1. The minimum atomic E-state index is -0.359. The summed E-state index contributed by atoms with van der Waals surface area (Å²) in [6.07, 6.45) is 4.78. The number of anilines is 3. The minimum absolute atomic E-state index is 0.0413. The highest BCUT2D eigenvalue weighted by Gasteiger charge is 2.25. The van der Waals surface area contributed by atoms with E-state index in [1.165, 1.54) is 25.0 Å². The van der Waals surface area contributed by atoms with Crippen molar-refractivity contribution >= 4 is 34.9 Å². The van der Waals surface area contributed by atoms with Crippen LogP contribution in [0.4, 0.5) is 17.2 Å². The molecule has 0 bridgehead atoms. The lowest BCUT2D eigenvalue weighted by Gasteiger charge is -2.27. The molecule has 3 amide bonds. The van der Waals surface area contributed by atoms with E-state index >= 15 is 0 Å². The molecular formula is C25H27N5O3. The molecule has 0 saturated carbocycles. The maximum absolute atomic E-state index is 13.2. The van der Waals surface area contributed by atoms with Gasteiger partial charge in [-0.05, 0) is 55.5 Å². The Morgan fingerprint density at radius 1 is 0.970 bits per heavy atom. The molecule has 0 aliphatic heterocycles. The number of amides is 3. The first-order valence-electron chi connectivity index (χ1n) is 11.0. The van der Waals surface area contributed by atoms with E-state index < -0.39 is 0 Å². The smallest absolute Gasteiger partial charge is 0.256 e. The summed E-state index contributed by atoms with van der Waals surface area (Å²) < 4.78 is 1.89. The number of aromatic nitrogens is 2. The molecule has 1 unspecified atom stereocenters. The van der Waals surface area contributed by atoms with Crippen LogP contribution in [0.3, 0.4) is 0 Å². The summed E-state index contributed by atoms with van der Waals surface area (Å²) in [7, 11) is 0. The second-order valence-electron chi connectivity index (χ2n) is 8.34. The number of hydrogen-bond acceptors (Lipinski definition) is 4. The molecule has 33 heavy (non-hydrogen) atoms. The van der Waals surface area contributed by atoms with Crippen molar-refractivity contribution < 1.29 is 14.4 Å². The largest absolute Gasteiger partial charge is 0.326 e. The zero-order valence-corrected chi connectivity index (χ0v) is 18.9. The van der Waals surface area contributed by atoms with Crippen LogP contribution >= 0.6 is 0 Å². The molecule has 0 saturated heterocycles. The summed E-state index contributed by atoms with van der Waals surface area (Å²) in [6, 6.07) is 13.1. The number of nitrogens with one attached hydrogen (secondary N) is 3. The van der Waals surface area contributed by atoms with E-state index in [1.54, 1.807) is 24.4 Å². The lowest BCUT2D eigenvalue weighted by molar-refractivity contribution is -0.115. The van der Waals surface area contributed by atoms with Gasteiger partial charge in [-0.2, -0.15) is 5.10 Å². The van der Waals surface area contributed by atoms with Crippen LogP contribution in [0.25, 0.3) is 0 Å². The molecule has 0 radical (unpaired) electrons. The molecule has 2 aromatic carbocycles. The molecule has 8 nitrogen and oxygen atoms in total. The van der Waals surface area contributed by atoms with E-state index in [0.717, 1.165) is 24.8 Å². The first-order chi connectivity index (χ1) is 15.8. The minimum Gasteiger partial charge on any atom is -0.326 e. The van der Waals surface area contributed by atoms with Gasteiger partial charge in [-0.3, -0.25) is 14.4 Å². The molecule has 3 N–H and O–H groups in total. The van der Waals surface area contributed by atoms with Crippen molar-refractivity contribution in [3.05, 3.63) is 70.9 Å². The van der Waals surface area contributed by atoms with Gasteiger partial charge in [-0.1, -0.05) is 24.3 Å². The average molecular weight is 446 g/mol. The molecular weight excluding hydrogens is 418 g/mol. The van der Waals surface area contributed by atoms with E-state index in [-0.39, 0.29) is 23.8 Å². The molecule has 1 aliphatic rings. The highest BCUT2D eigenvalue weighted by atomic mass is 16.2. The third-order valence-electron chi connectivity index (χ3n) is 5.68. The van der Waals surface area contributed by atoms with Crippen LogP contribution in [0.2, 0.25) is 0 Å². The Hall–Kier alpha value is -3.94. The Bertz CT molecular complexity index is 1200. The van der Waals surface area contributed by atoms with Crippen LogP contribution in [0.15, 0.2) is 48.7 Å². The quantitative estimate of drug-likeness (QED) is 0.545. The summed E-state index contributed by atoms with van der Waals surface area (Å²) in [6.45, 7) is 4.67. The van der Waals surface area contributed by atoms with Gasteiger partial charge in [0.25, 0.3) is 5.91 Å². The highest BCUT2D eigenvalue weighted by molar-refractivity contribution is 6.06. The van der Waals surface area contributed by atoms with E-state index in [1.807, 2.05) is 23.7 Å². The second-order valence-corrected chi connectivity index (χ2v) is 8.34. The van der Waals surface area contributed by atoms with Crippen LogP contribution < -0.4 is 16.0 Å². The Kier molecular flexibility index (Phi) is 6.26. The van der Waals surface area contributed by atoms with E-state index in [2.05, 4.69) is 33.2 Å². The predicted molar refractivity (Wildman–Crippen MR) is 127 cm³/mol. The van der Waals surface area contributed by atoms with Gasteiger partial charge >= 0.3 is 0 Å². The van der Waals surface area contributed by atoms with Crippen molar-refractivity contribution in [3.8, 4) is 0 Å². The third-order valence-corrected chi connectivity index (χ3v) is 5.68. The maximum atomic E-state index is 13.2. The maximum Gasteiger partial charge on any atom is 0.256 e. The molecule has 4 rings (SSSR count). The van der Waals surface area contributed by atoms with E-state index in [0.29, 0.717) is 22.8 Å². The standard InChI is InChI=1S/C25H27N5O3/c1-15-14-26-30(23-10-6-8-18-7-4-5-9-22(18)23)24(15)29-25(33)19-11-20(27-16(2)31)13-21(12-19)28-17(3)32/h4-5,7,9,11-14,23H,6,8,10H2,1-3H3,(H,27,31)(H,28,32)(H,29,33). The zero-order chi connectivity index (χ0) is 23.5. The Morgan fingerprint density at radius 3 is 2.30 bits per heavy atom. The lowest BCUT2D eigenvalue weighted by atomic mass is 9.88. The van der Waals surface area contributed by atoms with Gasteiger partial charge in [0, 0.05) is 36.3 Å². The number of benzene rings is 2. The Labute approximate surface area is 192 Å². The van der Waals surface area contributed by atoms with Gasteiger partial charge in [0.05, 0.1) is 12.2 Å². The molecule has 0 spiro atoms. The van der Waals surface area contributed by atoms with E-state index in [4.69, 9.17) is 0 Å². The number of carbonyl (C=O) groups excluding carboxylic acids is 3. The molecule has 0 fully saturated rings. The first-order valence-corrected chi connectivity index (χ1v) is 11.0. The molecule has 3 aromatic rings. The number of hydrogen-bond donors (Lipinski definition) is 3. The van der Waals surface area contributed by atoms with Gasteiger partial charge in [-0.25, -0.2) is 4.68 Å². The Morgan fingerprint density at radius 2 is 1.64 bits per heavy atom. The monoisotopic (exact) mass is 445 g/mol. The average Bonchev–Trinajstić information content (AvgIpc) is 3.12. The topological polar surface area (TPSA) is 105 Å². The zero-order valence-electron chi connectivity index (χ0n) is 18.9. The third kappa shape index (κ3) is 4.95. The van der Waals surface area contributed by atoms with Crippen LogP contribution in [0, 0.1) is 6.92 Å². The van der Waals surface area contributed by atoms with Crippen molar-refractivity contribution in [2.45, 2.75) is 46.1 Å². The number of fused-ring (bicyclic) bond motifs is 1. The van der Waals surface area contributed by atoms with E-state index in [9.17, 15) is 14.4 Å². The lowest BCUT2D eigenvalue weighted by Crippen LogP contribution is -2.23. The number of nitrogens with zero attached hydrogens (tertiary/aromatic N) is 2. The normalized spacial score (nSPS) is 14.8. The van der Waals surface area contributed by atoms with Gasteiger partial charge in [0.15, 0.2) is 0 Å². The van der Waals surface area contributed by atoms with Crippen molar-refractivity contribution in [2.24, 2.45) is 0 Å². The summed E-state index contributed by atoms with van der Waals surface area (Å²) >= 11 is 0. The summed E-state index contributed by atoms with van der Waals surface area (Å²) in [5.74, 6) is -0.270. The summed E-state index contributed by atoms with van der Waals surface area (Å²) in [5.41, 5.74) is 4.54. The van der Waals surface area contributed by atoms with Crippen molar-refractivity contribution in [1.29, 1.82) is 0 Å². The molecule has 8 heteroatoms. The van der Waals surface area contributed by atoms with Crippen molar-refractivity contribution in [2.75, 3.05) is 16.0 Å². The molecule has 1 heterocycles. The molecule has 1 aliphatic carbocycles. The Balaban J connectivity index is 1.66. The fourth-order valence-electron chi connectivity index (χ4n) is 4.31. The van der Waals surface area contributed by atoms with Crippen LogP contribution in [0.1, 0.15) is 59.8 Å². The van der Waals surface area contributed by atoms with Gasteiger partial charge < -0.3 is 16.0 Å². The number of carbonyl (C=O) groups is 3.